The monoisotopic (exact) mass is 416 g/mol. The second-order valence-corrected chi connectivity index (χ2v) is 5.82. The van der Waals surface area contributed by atoms with Crippen molar-refractivity contribution in [1.29, 1.82) is 0 Å². The molecule has 3 rings (SSSR count). The molecule has 6 heteroatoms. The molecule has 2 bridgehead atoms. The Bertz CT molecular complexity index is 523. The van der Waals surface area contributed by atoms with Crippen LogP contribution in [-0.2, 0) is 11.3 Å². The number of hydrogen-bond donors (Lipinski definition) is 2. The highest BCUT2D eigenvalue weighted by Gasteiger charge is 2.41. The van der Waals surface area contributed by atoms with E-state index >= 15 is 0 Å². The molecule has 3 heterocycles. The molecule has 2 fully saturated rings. The fourth-order valence-corrected chi connectivity index (χ4v) is 3.12. The quantitative estimate of drug-likeness (QED) is 0.450. The minimum absolute atomic E-state index is 0. The van der Waals surface area contributed by atoms with E-state index in [1.54, 1.807) is 0 Å². The molecule has 0 radical (unpaired) electrons. The first-order valence-electron chi connectivity index (χ1n) is 7.87. The molecule has 0 aliphatic carbocycles. The van der Waals surface area contributed by atoms with E-state index in [1.165, 1.54) is 18.4 Å². The minimum Gasteiger partial charge on any atom is -0.373 e. The molecule has 3 atom stereocenters. The van der Waals surface area contributed by atoms with Gasteiger partial charge >= 0.3 is 0 Å². The van der Waals surface area contributed by atoms with Crippen molar-refractivity contribution in [2.75, 3.05) is 6.54 Å². The van der Waals surface area contributed by atoms with Crippen LogP contribution >= 0.6 is 24.0 Å². The summed E-state index contributed by atoms with van der Waals surface area (Å²) in [5.74, 6) is 0.865. The second-order valence-electron chi connectivity index (χ2n) is 5.82. The lowest BCUT2D eigenvalue weighted by atomic mass is 9.96. The highest BCUT2D eigenvalue weighted by Crippen LogP contribution is 2.34. The van der Waals surface area contributed by atoms with Gasteiger partial charge in [-0.05, 0) is 44.7 Å². The van der Waals surface area contributed by atoms with E-state index in [9.17, 15) is 0 Å². The van der Waals surface area contributed by atoms with Crippen LogP contribution in [0.1, 0.15) is 37.4 Å². The van der Waals surface area contributed by atoms with Gasteiger partial charge in [0, 0.05) is 12.7 Å². The number of nitrogens with one attached hydrogen (secondary N) is 2. The summed E-state index contributed by atoms with van der Waals surface area (Å²) in [6, 6.07) is 4.42. The van der Waals surface area contributed by atoms with Crippen LogP contribution in [0, 0.1) is 6.92 Å². The van der Waals surface area contributed by atoms with Crippen molar-refractivity contribution in [1.82, 2.24) is 15.6 Å². The molecule has 3 unspecified atom stereocenters. The van der Waals surface area contributed by atoms with Crippen LogP contribution in [0.2, 0.25) is 0 Å². The number of guanidine groups is 1. The van der Waals surface area contributed by atoms with Gasteiger partial charge in [0.25, 0.3) is 0 Å². The third-order valence-corrected chi connectivity index (χ3v) is 4.28. The SMILES string of the molecule is CCNC(=NCc1ncccc1C)NC1CC2CCC1O2.I. The Hall–Kier alpha value is -0.890. The van der Waals surface area contributed by atoms with E-state index < -0.39 is 0 Å². The molecule has 1 aromatic heterocycles. The number of aryl methyl sites for hydroxylation is 1. The molecule has 122 valence electrons. The summed E-state index contributed by atoms with van der Waals surface area (Å²) in [5, 5.41) is 6.84. The molecule has 1 aromatic rings. The van der Waals surface area contributed by atoms with Crippen molar-refractivity contribution in [3.8, 4) is 0 Å². The maximum Gasteiger partial charge on any atom is 0.191 e. The van der Waals surface area contributed by atoms with Gasteiger partial charge in [-0.1, -0.05) is 6.07 Å². The van der Waals surface area contributed by atoms with Gasteiger partial charge < -0.3 is 15.4 Å². The molecule has 2 aliphatic rings. The highest BCUT2D eigenvalue weighted by molar-refractivity contribution is 14.0. The zero-order valence-electron chi connectivity index (χ0n) is 13.2. The minimum atomic E-state index is 0. The largest absolute Gasteiger partial charge is 0.373 e. The van der Waals surface area contributed by atoms with Gasteiger partial charge in [0.1, 0.15) is 0 Å². The Morgan fingerprint density at radius 1 is 1.45 bits per heavy atom. The van der Waals surface area contributed by atoms with Gasteiger partial charge in [-0.15, -0.1) is 24.0 Å². The molecule has 0 aromatic carbocycles. The molecule has 22 heavy (non-hydrogen) atoms. The third-order valence-electron chi connectivity index (χ3n) is 4.28. The standard InChI is InChI=1S/C16H24N4O.HI/c1-3-17-16(19-10-14-11(2)5-4-8-18-14)20-13-9-12-6-7-15(13)21-12;/h4-5,8,12-13,15H,3,6-7,9-10H2,1-2H3,(H2,17,19,20);1H. The summed E-state index contributed by atoms with van der Waals surface area (Å²) in [6.45, 7) is 5.61. The molecular weight excluding hydrogens is 391 g/mol. The summed E-state index contributed by atoms with van der Waals surface area (Å²) in [6.07, 6.45) is 6.11. The molecule has 2 N–H and O–H groups in total. The summed E-state index contributed by atoms with van der Waals surface area (Å²) < 4.78 is 5.89. The highest BCUT2D eigenvalue weighted by atomic mass is 127. The Kier molecular flexibility index (Phi) is 6.43. The van der Waals surface area contributed by atoms with Crippen LogP contribution in [0.5, 0.6) is 0 Å². The number of rotatable bonds is 4. The predicted octanol–water partition coefficient (Wildman–Crippen LogP) is 2.38. The van der Waals surface area contributed by atoms with Crippen molar-refractivity contribution in [3.05, 3.63) is 29.6 Å². The zero-order valence-corrected chi connectivity index (χ0v) is 15.5. The number of fused-ring (bicyclic) bond motifs is 2. The van der Waals surface area contributed by atoms with E-state index in [2.05, 4.69) is 40.5 Å². The van der Waals surface area contributed by atoms with Gasteiger partial charge in [0.2, 0.25) is 0 Å². The van der Waals surface area contributed by atoms with Crippen LogP contribution in [0.15, 0.2) is 23.3 Å². The molecule has 0 amide bonds. The zero-order chi connectivity index (χ0) is 14.7. The number of halogens is 1. The van der Waals surface area contributed by atoms with Gasteiger partial charge in [-0.3, -0.25) is 4.98 Å². The molecule has 2 aliphatic heterocycles. The Morgan fingerprint density at radius 3 is 2.95 bits per heavy atom. The number of pyridine rings is 1. The first kappa shape index (κ1) is 17.5. The first-order valence-corrected chi connectivity index (χ1v) is 7.87. The van der Waals surface area contributed by atoms with Crippen molar-refractivity contribution >= 4 is 29.9 Å². The van der Waals surface area contributed by atoms with Gasteiger partial charge in [0.05, 0.1) is 30.5 Å². The molecule has 0 spiro atoms. The van der Waals surface area contributed by atoms with Gasteiger partial charge in [-0.2, -0.15) is 0 Å². The number of aliphatic imine (C=N–C) groups is 1. The normalized spacial score (nSPS) is 26.6. The number of nitrogens with zero attached hydrogens (tertiary/aromatic N) is 2. The van der Waals surface area contributed by atoms with Crippen molar-refractivity contribution in [3.63, 3.8) is 0 Å². The lowest BCUT2D eigenvalue weighted by molar-refractivity contribution is 0.0992. The lowest BCUT2D eigenvalue weighted by Crippen LogP contribution is -2.47. The van der Waals surface area contributed by atoms with Crippen LogP contribution < -0.4 is 10.6 Å². The summed E-state index contributed by atoms with van der Waals surface area (Å²) >= 11 is 0. The summed E-state index contributed by atoms with van der Waals surface area (Å²) in [7, 11) is 0. The summed E-state index contributed by atoms with van der Waals surface area (Å²) in [5.41, 5.74) is 2.21. The fraction of sp³-hybridized carbons (Fsp3) is 0.625. The molecule has 2 saturated heterocycles. The first-order chi connectivity index (χ1) is 10.3. The average Bonchev–Trinajstić information content (AvgIpc) is 3.09. The average molecular weight is 416 g/mol. The van der Waals surface area contributed by atoms with Crippen molar-refractivity contribution in [2.45, 2.75) is 57.9 Å². The Labute approximate surface area is 149 Å². The van der Waals surface area contributed by atoms with Crippen LogP contribution in [0.3, 0.4) is 0 Å². The molecule has 0 saturated carbocycles. The fourth-order valence-electron chi connectivity index (χ4n) is 3.12. The maximum atomic E-state index is 5.89. The smallest absolute Gasteiger partial charge is 0.191 e. The summed E-state index contributed by atoms with van der Waals surface area (Å²) in [4.78, 5) is 9.06. The number of ether oxygens (including phenoxy) is 1. The predicted molar refractivity (Wildman–Crippen MR) is 98.6 cm³/mol. The lowest BCUT2D eigenvalue weighted by Gasteiger charge is -2.22. The van der Waals surface area contributed by atoms with E-state index in [1.807, 2.05) is 12.3 Å². The van der Waals surface area contributed by atoms with Crippen molar-refractivity contribution in [2.24, 2.45) is 4.99 Å². The van der Waals surface area contributed by atoms with E-state index in [4.69, 9.17) is 4.74 Å². The second kappa shape index (κ2) is 8.10. The molecule has 5 nitrogen and oxygen atoms in total. The van der Waals surface area contributed by atoms with Crippen LogP contribution in [-0.4, -0.2) is 35.7 Å². The van der Waals surface area contributed by atoms with Crippen LogP contribution in [0.25, 0.3) is 0 Å². The van der Waals surface area contributed by atoms with Crippen LogP contribution in [0.4, 0.5) is 0 Å². The Morgan fingerprint density at radius 2 is 2.32 bits per heavy atom. The van der Waals surface area contributed by atoms with Gasteiger partial charge in [0.15, 0.2) is 5.96 Å². The van der Waals surface area contributed by atoms with E-state index in [-0.39, 0.29) is 24.0 Å². The molecular formula is C16H25IN4O. The maximum absolute atomic E-state index is 5.89. The topological polar surface area (TPSA) is 58.5 Å². The Balaban J connectivity index is 0.00000176. The number of hydrogen-bond acceptors (Lipinski definition) is 3. The number of aromatic nitrogens is 1. The van der Waals surface area contributed by atoms with E-state index in [0.29, 0.717) is 24.8 Å². The van der Waals surface area contributed by atoms with Crippen molar-refractivity contribution < 1.29 is 4.74 Å². The van der Waals surface area contributed by atoms with E-state index in [0.717, 1.165) is 24.6 Å². The van der Waals surface area contributed by atoms with Gasteiger partial charge in [-0.25, -0.2) is 4.99 Å². The third kappa shape index (κ3) is 4.10.